The molecule has 0 bridgehead atoms. The summed E-state index contributed by atoms with van der Waals surface area (Å²) < 4.78 is 53.9. The lowest BCUT2D eigenvalue weighted by atomic mass is 9.76. The van der Waals surface area contributed by atoms with Crippen LogP contribution in [0.1, 0.15) is 107 Å². The molecule has 0 aliphatic rings. The largest absolute Gasteiger partial charge is 0.488 e. The second kappa shape index (κ2) is 28.6. The molecule has 3 aromatic heterocycles. The van der Waals surface area contributed by atoms with Crippen LogP contribution in [0, 0.1) is 23.3 Å². The van der Waals surface area contributed by atoms with Crippen LogP contribution in [0.25, 0.3) is 55.9 Å². The molecule has 0 atom stereocenters. The molecule has 20 heteroatoms. The summed E-state index contributed by atoms with van der Waals surface area (Å²) >= 11 is 26.1. The van der Waals surface area contributed by atoms with Gasteiger partial charge in [0.25, 0.3) is 11.1 Å². The maximum atomic E-state index is 13.8. The van der Waals surface area contributed by atoms with Gasteiger partial charge >= 0.3 is 7.12 Å². The highest BCUT2D eigenvalue weighted by Gasteiger charge is 2.24. The molecule has 0 unspecified atom stereocenters. The van der Waals surface area contributed by atoms with Crippen molar-refractivity contribution < 1.29 is 37.2 Å². The standard InChI is InChI=1S/C24H19ClF2N2O.C17H17ClN2.C10H15BO2.C7H4BrClN2.C7H3ClF2O.CH4/c1-24(2,3)16-6-4-5-14(11-16)22-28-20-13-17(25)8-10-21(20)29(22)23(30)15-7-9-18(26)19(27)12-15;1-17(2,3)12-6-4-5-11(9-12)16-19-14-8-7-13(18)10-15(14)20-16;1-10(2,3)8-5-4-6-9(7-8)11(12)13;8-7-10-5-2-1-4(9)3-6(5)11-7;8-7(11)4-1-2-5(9)6(10)3-4;/h4-13H,1-3H3;4-10H,1-3H3,(H,19,20);4-7,12-13H,1-3H3;1-3H,(H,10,11);1-3H;1H4. The Labute approximate surface area is 525 Å². The fourth-order valence-corrected chi connectivity index (χ4v) is 9.35. The molecule has 11 aromatic rings. The molecule has 0 radical (unpaired) electrons. The predicted octanol–water partition coefficient (Wildman–Crippen LogP) is 18.4. The number of fused-ring (bicyclic) bond motifs is 3. The third-order valence-electron chi connectivity index (χ3n) is 13.0. The van der Waals surface area contributed by atoms with Gasteiger partial charge in [0.05, 0.1) is 33.1 Å². The molecule has 4 N–H and O–H groups in total. The van der Waals surface area contributed by atoms with Gasteiger partial charge < -0.3 is 20.0 Å². The zero-order valence-electron chi connectivity index (χ0n) is 47.6. The molecule has 11 rings (SSSR count). The molecule has 0 spiro atoms. The van der Waals surface area contributed by atoms with Gasteiger partial charge in [0.15, 0.2) is 28.0 Å². The van der Waals surface area contributed by atoms with E-state index in [9.17, 15) is 27.2 Å². The average molecular weight is 1310 g/mol. The maximum absolute atomic E-state index is 13.8. The fraction of sp³-hybridized carbons (Fsp3) is 0.197. The minimum Gasteiger partial charge on any atom is -0.423 e. The van der Waals surface area contributed by atoms with E-state index >= 15 is 0 Å². The van der Waals surface area contributed by atoms with Crippen LogP contribution in [0.15, 0.2) is 169 Å². The SMILES string of the molecule is C.CC(C)(C)c1cccc(-c2nc3cc(Cl)ccc3n2C(=O)c2ccc(F)c(F)c2)c1.CC(C)(C)c1cccc(-c2nc3ccc(Cl)cc3[nH]2)c1.CC(C)(C)c1cccc(B(O)O)c1.Clc1ccc2nc(Br)[nH]c2c1.O=C(Cl)c1ccc(F)c(F)c1. The fourth-order valence-electron chi connectivity index (χ4n) is 8.32. The smallest absolute Gasteiger partial charge is 0.423 e. The van der Waals surface area contributed by atoms with Crippen LogP contribution in [-0.2, 0) is 16.2 Å². The first kappa shape index (κ1) is 68.0. The molecule has 10 nitrogen and oxygen atoms in total. The first-order chi connectivity index (χ1) is 39.9. The van der Waals surface area contributed by atoms with Crippen LogP contribution in [0.2, 0.25) is 15.1 Å². The van der Waals surface area contributed by atoms with E-state index in [2.05, 4.69) is 127 Å². The zero-order chi connectivity index (χ0) is 62.3. The summed E-state index contributed by atoms with van der Waals surface area (Å²) in [6, 6.07) is 45.7. The summed E-state index contributed by atoms with van der Waals surface area (Å²) in [5.41, 5.74) is 10.8. The van der Waals surface area contributed by atoms with Gasteiger partial charge in [-0.15, -0.1) is 0 Å². The number of benzene rings is 8. The molecular weight excluding hydrogens is 1250 g/mol. The topological polar surface area (TPSA) is 150 Å². The number of aromatic amines is 2. The van der Waals surface area contributed by atoms with Crippen molar-refractivity contribution in [2.24, 2.45) is 0 Å². The summed E-state index contributed by atoms with van der Waals surface area (Å²) in [5.74, 6) is -3.36. The molecule has 0 aliphatic carbocycles. The van der Waals surface area contributed by atoms with Gasteiger partial charge in [-0.2, -0.15) is 0 Å². The lowest BCUT2D eigenvalue weighted by Gasteiger charge is -2.19. The molecule has 0 saturated heterocycles. The van der Waals surface area contributed by atoms with Crippen molar-refractivity contribution in [3.05, 3.63) is 235 Å². The van der Waals surface area contributed by atoms with Gasteiger partial charge in [-0.3, -0.25) is 14.2 Å². The van der Waals surface area contributed by atoms with Crippen LogP contribution in [0.4, 0.5) is 17.6 Å². The predicted molar refractivity (Wildman–Crippen MR) is 347 cm³/mol. The number of halogens is 9. The van der Waals surface area contributed by atoms with Crippen molar-refractivity contribution in [2.45, 2.75) is 86.0 Å². The number of aromatic nitrogens is 6. The van der Waals surface area contributed by atoms with E-state index in [1.165, 1.54) is 16.2 Å². The van der Waals surface area contributed by atoms with Crippen LogP contribution < -0.4 is 5.46 Å². The summed E-state index contributed by atoms with van der Waals surface area (Å²) in [6.07, 6.45) is 0. The maximum Gasteiger partial charge on any atom is 0.488 e. The number of imidazole rings is 3. The normalized spacial score (nSPS) is 11.3. The summed E-state index contributed by atoms with van der Waals surface area (Å²) in [6.45, 7) is 19.2. The van der Waals surface area contributed by atoms with Gasteiger partial charge in [-0.05, 0) is 169 Å². The van der Waals surface area contributed by atoms with E-state index in [4.69, 9.17) is 56.5 Å². The Bertz CT molecular complexity index is 4210. The van der Waals surface area contributed by atoms with Gasteiger partial charge in [-0.25, -0.2) is 32.5 Å². The number of nitrogens with one attached hydrogen (secondary N) is 2. The highest BCUT2D eigenvalue weighted by atomic mass is 79.9. The Morgan fingerprint density at radius 3 is 1.51 bits per heavy atom. The van der Waals surface area contributed by atoms with Crippen LogP contribution in [0.3, 0.4) is 0 Å². The van der Waals surface area contributed by atoms with Gasteiger partial charge in [0.2, 0.25) is 0 Å². The Balaban J connectivity index is 0.000000183. The van der Waals surface area contributed by atoms with E-state index in [-0.39, 0.29) is 34.8 Å². The Morgan fingerprint density at radius 1 is 0.512 bits per heavy atom. The molecule has 8 aromatic carbocycles. The van der Waals surface area contributed by atoms with Crippen molar-refractivity contribution in [1.29, 1.82) is 0 Å². The van der Waals surface area contributed by atoms with Crippen LogP contribution in [-0.4, -0.2) is 57.8 Å². The summed E-state index contributed by atoms with van der Waals surface area (Å²) in [7, 11) is -1.37. The van der Waals surface area contributed by atoms with Gasteiger partial charge in [0.1, 0.15) is 11.6 Å². The van der Waals surface area contributed by atoms with E-state index < -0.39 is 41.5 Å². The number of carbonyl (C=O) groups is 2. The van der Waals surface area contributed by atoms with Crippen molar-refractivity contribution in [3.8, 4) is 22.8 Å². The first-order valence-electron chi connectivity index (χ1n) is 26.3. The average Bonchev–Trinajstić information content (AvgIpc) is 2.35. The number of H-pyrrole nitrogens is 2. The number of nitrogens with zero attached hydrogens (tertiary/aromatic N) is 4. The number of rotatable bonds is 5. The molecule has 3 heterocycles. The monoisotopic (exact) mass is 1310 g/mol. The second-order valence-electron chi connectivity index (χ2n) is 22.6. The van der Waals surface area contributed by atoms with Crippen LogP contribution >= 0.6 is 62.3 Å². The van der Waals surface area contributed by atoms with Crippen molar-refractivity contribution >= 4 is 119 Å². The lowest BCUT2D eigenvalue weighted by Crippen LogP contribution is -2.31. The third-order valence-corrected chi connectivity index (χ3v) is 14.3. The molecule has 446 valence electrons. The Morgan fingerprint density at radius 2 is 0.977 bits per heavy atom. The summed E-state index contributed by atoms with van der Waals surface area (Å²) in [5, 5.41) is 19.1. The molecule has 0 amide bonds. The molecule has 0 fully saturated rings. The quantitative estimate of drug-likeness (QED) is 0.0761. The zero-order valence-corrected chi connectivity index (χ0v) is 52.2. The number of carbonyl (C=O) groups excluding carboxylic acids is 2. The van der Waals surface area contributed by atoms with Crippen molar-refractivity contribution in [2.75, 3.05) is 0 Å². The lowest BCUT2D eigenvalue weighted by molar-refractivity contribution is 0.0965. The van der Waals surface area contributed by atoms with Crippen molar-refractivity contribution in [1.82, 2.24) is 29.5 Å². The molecule has 0 aliphatic heterocycles. The third kappa shape index (κ3) is 17.7. The summed E-state index contributed by atoms with van der Waals surface area (Å²) in [4.78, 5) is 43.5. The van der Waals surface area contributed by atoms with E-state index in [1.807, 2.05) is 78.9 Å². The van der Waals surface area contributed by atoms with E-state index in [0.717, 1.165) is 90.2 Å². The first-order valence-corrected chi connectivity index (χ1v) is 28.6. The van der Waals surface area contributed by atoms with Gasteiger partial charge in [0, 0.05) is 37.3 Å². The number of hydrogen-bond donors (Lipinski definition) is 4. The van der Waals surface area contributed by atoms with E-state index in [1.54, 1.807) is 24.3 Å². The molecule has 86 heavy (non-hydrogen) atoms. The van der Waals surface area contributed by atoms with E-state index in [0.29, 0.717) is 32.4 Å². The highest BCUT2D eigenvalue weighted by molar-refractivity contribution is 9.10. The minimum atomic E-state index is -1.37. The Kier molecular flexibility index (Phi) is 22.6. The van der Waals surface area contributed by atoms with Crippen LogP contribution in [0.5, 0.6) is 0 Å². The minimum absolute atomic E-state index is 0. The Hall–Kier alpha value is -7.15. The second-order valence-corrected chi connectivity index (χ2v) is 25.0. The van der Waals surface area contributed by atoms with Gasteiger partial charge in [-0.1, -0.05) is 165 Å². The molecular formula is C66H62BBrCl4F4N6O4. The highest BCUT2D eigenvalue weighted by Crippen LogP contribution is 2.33. The molecule has 0 saturated carbocycles. The number of hydrogen-bond acceptors (Lipinski definition) is 7. The van der Waals surface area contributed by atoms with Crippen molar-refractivity contribution in [3.63, 3.8) is 0 Å².